The summed E-state index contributed by atoms with van der Waals surface area (Å²) in [5.41, 5.74) is 2.54. The van der Waals surface area contributed by atoms with Crippen molar-refractivity contribution in [1.29, 1.82) is 0 Å². The standard InChI is InChI=1S/C12H20N6OS/c13-17-10-14-11(18-5-7-19-8-6-18)16-12(15-10)20-9-3-1-2-4-9/h9H,1-8,13H2,(H,14,15,16,17). The number of morpholine rings is 1. The molecule has 1 aromatic rings. The highest BCUT2D eigenvalue weighted by Crippen LogP contribution is 2.33. The van der Waals surface area contributed by atoms with Gasteiger partial charge in [0, 0.05) is 18.3 Å². The number of rotatable bonds is 4. The summed E-state index contributed by atoms with van der Waals surface area (Å²) in [6.45, 7) is 3.04. The first-order chi connectivity index (χ1) is 9.85. The van der Waals surface area contributed by atoms with Gasteiger partial charge in [-0.1, -0.05) is 24.6 Å². The first kappa shape index (κ1) is 13.8. The maximum atomic E-state index is 5.47. The topological polar surface area (TPSA) is 89.2 Å². The molecule has 2 heterocycles. The highest BCUT2D eigenvalue weighted by Gasteiger charge is 2.20. The molecule has 20 heavy (non-hydrogen) atoms. The van der Waals surface area contributed by atoms with Crippen molar-refractivity contribution in [3.05, 3.63) is 0 Å². The molecule has 2 fully saturated rings. The Balaban J connectivity index is 1.77. The number of nitrogens with one attached hydrogen (secondary N) is 1. The number of nitrogens with zero attached hydrogens (tertiary/aromatic N) is 4. The number of hydrogen-bond acceptors (Lipinski definition) is 8. The molecule has 0 radical (unpaired) electrons. The third-order valence-electron chi connectivity index (χ3n) is 3.60. The van der Waals surface area contributed by atoms with Gasteiger partial charge in [-0.25, -0.2) is 5.84 Å². The van der Waals surface area contributed by atoms with Crippen molar-refractivity contribution in [1.82, 2.24) is 15.0 Å². The van der Waals surface area contributed by atoms with Crippen LogP contribution >= 0.6 is 11.8 Å². The fourth-order valence-electron chi connectivity index (χ4n) is 2.52. The molecule has 1 saturated carbocycles. The van der Waals surface area contributed by atoms with Crippen molar-refractivity contribution < 1.29 is 4.74 Å². The van der Waals surface area contributed by atoms with E-state index < -0.39 is 0 Å². The van der Waals surface area contributed by atoms with E-state index in [9.17, 15) is 0 Å². The van der Waals surface area contributed by atoms with Crippen LogP contribution in [0.1, 0.15) is 25.7 Å². The van der Waals surface area contributed by atoms with Crippen molar-refractivity contribution >= 4 is 23.7 Å². The van der Waals surface area contributed by atoms with E-state index in [1.54, 1.807) is 11.8 Å². The monoisotopic (exact) mass is 296 g/mol. The third-order valence-corrected chi connectivity index (χ3v) is 4.80. The Kier molecular flexibility index (Phi) is 4.54. The lowest BCUT2D eigenvalue weighted by Gasteiger charge is -2.27. The molecule has 2 aliphatic rings. The summed E-state index contributed by atoms with van der Waals surface area (Å²) in [6, 6.07) is 0. The minimum absolute atomic E-state index is 0.432. The molecule has 1 aromatic heterocycles. The summed E-state index contributed by atoms with van der Waals surface area (Å²) in [6.07, 6.45) is 5.10. The average Bonchev–Trinajstić information content (AvgIpc) is 3.00. The molecule has 3 N–H and O–H groups in total. The van der Waals surface area contributed by atoms with E-state index in [0.717, 1.165) is 18.2 Å². The van der Waals surface area contributed by atoms with E-state index in [1.165, 1.54) is 25.7 Å². The van der Waals surface area contributed by atoms with Gasteiger partial charge >= 0.3 is 0 Å². The first-order valence-electron chi connectivity index (χ1n) is 7.07. The molecule has 0 amide bonds. The van der Waals surface area contributed by atoms with Crippen LogP contribution in [0.3, 0.4) is 0 Å². The Bertz CT molecular complexity index is 448. The molecule has 1 saturated heterocycles. The highest BCUT2D eigenvalue weighted by atomic mass is 32.2. The van der Waals surface area contributed by atoms with Crippen LogP contribution in [-0.2, 0) is 4.74 Å². The van der Waals surface area contributed by atoms with Gasteiger partial charge in [0.1, 0.15) is 0 Å². The molecule has 3 rings (SSSR count). The van der Waals surface area contributed by atoms with Gasteiger partial charge in [-0.15, -0.1) is 0 Å². The van der Waals surface area contributed by atoms with Crippen LogP contribution in [0.4, 0.5) is 11.9 Å². The van der Waals surface area contributed by atoms with Gasteiger partial charge in [0.15, 0.2) is 5.16 Å². The van der Waals surface area contributed by atoms with Crippen molar-refractivity contribution in [2.24, 2.45) is 5.84 Å². The Morgan fingerprint density at radius 3 is 2.60 bits per heavy atom. The van der Waals surface area contributed by atoms with E-state index >= 15 is 0 Å². The van der Waals surface area contributed by atoms with Crippen LogP contribution < -0.4 is 16.2 Å². The Hall–Kier alpha value is -1.12. The average molecular weight is 296 g/mol. The maximum absolute atomic E-state index is 5.47. The Morgan fingerprint density at radius 2 is 1.90 bits per heavy atom. The van der Waals surface area contributed by atoms with Gasteiger partial charge in [-0.05, 0) is 12.8 Å². The van der Waals surface area contributed by atoms with Gasteiger partial charge < -0.3 is 9.64 Å². The number of anilines is 2. The van der Waals surface area contributed by atoms with E-state index in [0.29, 0.717) is 30.4 Å². The predicted molar refractivity (Wildman–Crippen MR) is 78.8 cm³/mol. The Labute approximate surface area is 122 Å². The number of aromatic nitrogens is 3. The van der Waals surface area contributed by atoms with Crippen LogP contribution in [-0.4, -0.2) is 46.5 Å². The number of hydrogen-bond donors (Lipinski definition) is 2. The van der Waals surface area contributed by atoms with E-state index in [-0.39, 0.29) is 0 Å². The van der Waals surface area contributed by atoms with Crippen LogP contribution in [0.5, 0.6) is 0 Å². The molecule has 1 aliphatic heterocycles. The van der Waals surface area contributed by atoms with Crippen LogP contribution in [0.2, 0.25) is 0 Å². The van der Waals surface area contributed by atoms with Gasteiger partial charge in [-0.2, -0.15) is 15.0 Å². The molecule has 0 atom stereocenters. The SMILES string of the molecule is NNc1nc(SC2CCCC2)nc(N2CCOCC2)n1. The second kappa shape index (κ2) is 6.55. The zero-order valence-electron chi connectivity index (χ0n) is 11.4. The van der Waals surface area contributed by atoms with E-state index in [4.69, 9.17) is 10.6 Å². The lowest BCUT2D eigenvalue weighted by Crippen LogP contribution is -2.37. The summed E-state index contributed by atoms with van der Waals surface area (Å²) in [5.74, 6) is 6.59. The summed E-state index contributed by atoms with van der Waals surface area (Å²) in [4.78, 5) is 15.4. The maximum Gasteiger partial charge on any atom is 0.242 e. The van der Waals surface area contributed by atoms with Crippen LogP contribution in [0.15, 0.2) is 5.16 Å². The van der Waals surface area contributed by atoms with Gasteiger partial charge in [0.2, 0.25) is 11.9 Å². The second-order valence-electron chi connectivity index (χ2n) is 5.01. The van der Waals surface area contributed by atoms with E-state index in [2.05, 4.69) is 25.3 Å². The van der Waals surface area contributed by atoms with E-state index in [1.807, 2.05) is 0 Å². The summed E-state index contributed by atoms with van der Waals surface area (Å²) in [7, 11) is 0. The van der Waals surface area contributed by atoms with Gasteiger partial charge in [0.05, 0.1) is 13.2 Å². The second-order valence-corrected chi connectivity index (χ2v) is 6.28. The smallest absolute Gasteiger partial charge is 0.242 e. The highest BCUT2D eigenvalue weighted by molar-refractivity contribution is 7.99. The molecule has 0 spiro atoms. The lowest BCUT2D eigenvalue weighted by molar-refractivity contribution is 0.122. The predicted octanol–water partition coefficient (Wildman–Crippen LogP) is 1.03. The lowest BCUT2D eigenvalue weighted by atomic mass is 10.4. The largest absolute Gasteiger partial charge is 0.378 e. The minimum atomic E-state index is 0.432. The zero-order valence-corrected chi connectivity index (χ0v) is 12.2. The summed E-state index contributed by atoms with van der Waals surface area (Å²) >= 11 is 1.74. The zero-order chi connectivity index (χ0) is 13.8. The number of hydrazine groups is 1. The number of ether oxygens (including phenoxy) is 1. The summed E-state index contributed by atoms with van der Waals surface area (Å²) in [5, 5.41) is 1.39. The molecule has 110 valence electrons. The molecule has 1 aliphatic carbocycles. The third kappa shape index (κ3) is 3.31. The van der Waals surface area contributed by atoms with Crippen molar-refractivity contribution in [3.63, 3.8) is 0 Å². The molecule has 0 aromatic carbocycles. The molecule has 0 unspecified atom stereocenters. The van der Waals surface area contributed by atoms with Gasteiger partial charge in [-0.3, -0.25) is 5.43 Å². The molecular weight excluding hydrogens is 276 g/mol. The molecule has 0 bridgehead atoms. The number of thioether (sulfide) groups is 1. The molecular formula is C12H20N6OS. The van der Waals surface area contributed by atoms with Crippen molar-refractivity contribution in [2.75, 3.05) is 36.6 Å². The fraction of sp³-hybridized carbons (Fsp3) is 0.750. The first-order valence-corrected chi connectivity index (χ1v) is 7.95. The fourth-order valence-corrected chi connectivity index (χ4v) is 3.66. The normalized spacial score (nSPS) is 20.4. The van der Waals surface area contributed by atoms with Crippen LogP contribution in [0.25, 0.3) is 0 Å². The summed E-state index contributed by atoms with van der Waals surface area (Å²) < 4.78 is 5.36. The Morgan fingerprint density at radius 1 is 1.15 bits per heavy atom. The molecule has 7 nitrogen and oxygen atoms in total. The van der Waals surface area contributed by atoms with Crippen molar-refractivity contribution in [2.45, 2.75) is 36.1 Å². The van der Waals surface area contributed by atoms with Crippen LogP contribution in [0, 0.1) is 0 Å². The van der Waals surface area contributed by atoms with Gasteiger partial charge in [0.25, 0.3) is 0 Å². The number of nitrogen functional groups attached to an aromatic ring is 1. The quantitative estimate of drug-likeness (QED) is 0.629. The molecule has 8 heteroatoms. The minimum Gasteiger partial charge on any atom is -0.378 e. The van der Waals surface area contributed by atoms with Crippen molar-refractivity contribution in [3.8, 4) is 0 Å². The number of nitrogens with two attached hydrogens (primary N) is 1.